The normalized spacial score (nSPS) is 13.9. The van der Waals surface area contributed by atoms with Gasteiger partial charge < -0.3 is 18.4 Å². The van der Waals surface area contributed by atoms with E-state index in [1.165, 1.54) is 38.1 Å². The van der Waals surface area contributed by atoms with Crippen molar-refractivity contribution in [2.75, 3.05) is 13.2 Å². The molecule has 1 aliphatic heterocycles. The molecule has 1 fully saturated rings. The summed E-state index contributed by atoms with van der Waals surface area (Å²) in [6.07, 6.45) is 0. The predicted molar refractivity (Wildman–Crippen MR) is 158 cm³/mol. The highest BCUT2D eigenvalue weighted by Gasteiger charge is 2.26. The Morgan fingerprint density at radius 2 is 1.03 bits per heavy atom. The third-order valence-corrected chi connectivity index (χ3v) is 7.66. The first kappa shape index (κ1) is 21.8. The van der Waals surface area contributed by atoms with E-state index in [-0.39, 0.29) is 7.12 Å². The molecule has 0 N–H and O–H groups in total. The number of fused-ring (bicyclic) bond motifs is 6. The number of rotatable bonds is 3. The van der Waals surface area contributed by atoms with Gasteiger partial charge >= 0.3 is 7.12 Å². The van der Waals surface area contributed by atoms with Crippen LogP contribution in [-0.4, -0.2) is 37.3 Å². The van der Waals surface area contributed by atoms with E-state index in [1.807, 2.05) is 12.1 Å². The molecule has 0 atom stereocenters. The molecule has 38 heavy (non-hydrogen) atoms. The lowest BCUT2D eigenvalue weighted by molar-refractivity contribution is 0.365. The highest BCUT2D eigenvalue weighted by molar-refractivity contribution is 6.61. The van der Waals surface area contributed by atoms with Gasteiger partial charge in [-0.25, -0.2) is 0 Å². The molecule has 178 valence electrons. The quantitative estimate of drug-likeness (QED) is 0.311. The number of hydrogen-bond acceptors (Lipinski definition) is 2. The molecule has 2 radical (unpaired) electrons. The van der Waals surface area contributed by atoms with Gasteiger partial charge in [-0.3, -0.25) is 0 Å². The van der Waals surface area contributed by atoms with Crippen LogP contribution in [-0.2, 0) is 9.31 Å². The molecule has 2 aromatic heterocycles. The van der Waals surface area contributed by atoms with Crippen LogP contribution in [0.1, 0.15) is 0 Å². The Kier molecular flexibility index (Phi) is 4.81. The van der Waals surface area contributed by atoms with Crippen molar-refractivity contribution in [2.24, 2.45) is 0 Å². The molecule has 3 heterocycles. The van der Waals surface area contributed by atoms with Crippen LogP contribution in [0.25, 0.3) is 55.0 Å². The molecule has 8 rings (SSSR count). The SMILES string of the molecule is [B]c1ccc(-n2c3ccccc3c3cc4c5ccccc5n(-c5ccc(B6OCCO6)cc5)c4cc32)cc1. The second kappa shape index (κ2) is 8.38. The predicted octanol–water partition coefficient (Wildman–Crippen LogP) is 5.42. The minimum Gasteiger partial charge on any atom is -0.405 e. The van der Waals surface area contributed by atoms with Crippen LogP contribution in [0.4, 0.5) is 0 Å². The lowest BCUT2D eigenvalue weighted by Gasteiger charge is -2.11. The third-order valence-electron chi connectivity index (χ3n) is 7.66. The zero-order valence-electron chi connectivity index (χ0n) is 20.7. The Labute approximate surface area is 221 Å². The maximum atomic E-state index is 6.03. The van der Waals surface area contributed by atoms with Gasteiger partial charge in [0.15, 0.2) is 0 Å². The van der Waals surface area contributed by atoms with Crippen molar-refractivity contribution in [3.05, 3.63) is 109 Å². The molecule has 1 saturated heterocycles. The fourth-order valence-corrected chi connectivity index (χ4v) is 5.94. The topological polar surface area (TPSA) is 28.3 Å². The summed E-state index contributed by atoms with van der Waals surface area (Å²) in [6, 6.07) is 38.6. The molecule has 1 aliphatic rings. The molecule has 6 heteroatoms. The maximum absolute atomic E-state index is 6.03. The van der Waals surface area contributed by atoms with Crippen molar-refractivity contribution >= 4 is 69.5 Å². The first-order valence-electron chi connectivity index (χ1n) is 12.9. The van der Waals surface area contributed by atoms with E-state index < -0.39 is 0 Å². The van der Waals surface area contributed by atoms with Crippen molar-refractivity contribution in [2.45, 2.75) is 0 Å². The molecule has 7 aromatic rings. The monoisotopic (exact) mass is 488 g/mol. The summed E-state index contributed by atoms with van der Waals surface area (Å²) in [4.78, 5) is 0. The summed E-state index contributed by atoms with van der Waals surface area (Å²) < 4.78 is 16.1. The van der Waals surface area contributed by atoms with Crippen LogP contribution in [0, 0.1) is 0 Å². The zero-order valence-corrected chi connectivity index (χ0v) is 20.7. The van der Waals surface area contributed by atoms with Gasteiger partial charge in [0.2, 0.25) is 0 Å². The first-order valence-corrected chi connectivity index (χ1v) is 12.9. The lowest BCUT2D eigenvalue weighted by Crippen LogP contribution is -2.31. The Balaban J connectivity index is 1.44. The number of benzene rings is 5. The van der Waals surface area contributed by atoms with Gasteiger partial charge in [0, 0.05) is 32.9 Å². The van der Waals surface area contributed by atoms with E-state index in [1.54, 1.807) is 0 Å². The van der Waals surface area contributed by atoms with Gasteiger partial charge in [-0.05, 0) is 54.0 Å². The maximum Gasteiger partial charge on any atom is 0.494 e. The minimum absolute atomic E-state index is 0.280. The second-order valence-corrected chi connectivity index (χ2v) is 9.85. The molecular weight excluding hydrogens is 466 g/mol. The summed E-state index contributed by atoms with van der Waals surface area (Å²) in [6.45, 7) is 1.27. The van der Waals surface area contributed by atoms with Gasteiger partial charge in [0.25, 0.3) is 0 Å². The number of aromatic nitrogens is 2. The van der Waals surface area contributed by atoms with E-state index in [0.29, 0.717) is 13.2 Å². The van der Waals surface area contributed by atoms with E-state index in [9.17, 15) is 0 Å². The van der Waals surface area contributed by atoms with E-state index >= 15 is 0 Å². The summed E-state index contributed by atoms with van der Waals surface area (Å²) in [7, 11) is 5.75. The van der Waals surface area contributed by atoms with Crippen LogP contribution in [0.5, 0.6) is 0 Å². The standard InChI is InChI=1S/C32H22B2N2O2/c33-21-9-13-23(14-10-21)35-29-7-3-1-5-25(29)27-19-28-26-6-2-4-8-30(26)36(32(28)20-31(27)35)24-15-11-22(12-16-24)34-37-17-18-38-34/h1-16,19-20H,17-18H2. The zero-order chi connectivity index (χ0) is 25.2. The Morgan fingerprint density at radius 1 is 0.526 bits per heavy atom. The van der Waals surface area contributed by atoms with E-state index in [4.69, 9.17) is 17.2 Å². The molecule has 0 unspecified atom stereocenters. The third kappa shape index (κ3) is 3.21. The van der Waals surface area contributed by atoms with Crippen LogP contribution in [0.15, 0.2) is 109 Å². The van der Waals surface area contributed by atoms with Crippen molar-refractivity contribution < 1.29 is 9.31 Å². The smallest absolute Gasteiger partial charge is 0.405 e. The molecule has 4 nitrogen and oxygen atoms in total. The van der Waals surface area contributed by atoms with E-state index in [0.717, 1.165) is 27.8 Å². The van der Waals surface area contributed by atoms with Crippen molar-refractivity contribution in [1.29, 1.82) is 0 Å². The van der Waals surface area contributed by atoms with Crippen molar-refractivity contribution in [3.63, 3.8) is 0 Å². The van der Waals surface area contributed by atoms with Crippen LogP contribution >= 0.6 is 0 Å². The van der Waals surface area contributed by atoms with Crippen LogP contribution < -0.4 is 10.9 Å². The highest BCUT2D eigenvalue weighted by atomic mass is 16.6. The summed E-state index contributed by atoms with van der Waals surface area (Å²) in [5.41, 5.74) is 8.68. The Bertz CT molecular complexity index is 1980. The summed E-state index contributed by atoms with van der Waals surface area (Å²) >= 11 is 0. The van der Waals surface area contributed by atoms with Gasteiger partial charge in [0.1, 0.15) is 7.85 Å². The van der Waals surface area contributed by atoms with Gasteiger partial charge in [-0.1, -0.05) is 66.1 Å². The minimum atomic E-state index is -0.280. The van der Waals surface area contributed by atoms with Crippen molar-refractivity contribution in [1.82, 2.24) is 9.13 Å². The van der Waals surface area contributed by atoms with E-state index in [2.05, 4.69) is 106 Å². The average Bonchev–Trinajstić information content (AvgIpc) is 3.68. The van der Waals surface area contributed by atoms with Crippen molar-refractivity contribution in [3.8, 4) is 11.4 Å². The fourth-order valence-electron chi connectivity index (χ4n) is 5.94. The van der Waals surface area contributed by atoms with Gasteiger partial charge in [-0.2, -0.15) is 0 Å². The molecule has 0 aliphatic carbocycles. The average molecular weight is 488 g/mol. The number of nitrogens with zero attached hydrogens (tertiary/aromatic N) is 2. The number of para-hydroxylation sites is 2. The molecule has 0 spiro atoms. The Morgan fingerprint density at radius 3 is 1.58 bits per heavy atom. The van der Waals surface area contributed by atoms with Crippen LogP contribution in [0.2, 0.25) is 0 Å². The molecule has 5 aromatic carbocycles. The lowest BCUT2D eigenvalue weighted by atomic mass is 9.79. The van der Waals surface area contributed by atoms with Gasteiger partial charge in [-0.15, -0.1) is 0 Å². The molecule has 0 bridgehead atoms. The summed E-state index contributed by atoms with van der Waals surface area (Å²) in [5, 5.41) is 4.94. The largest absolute Gasteiger partial charge is 0.494 e. The second-order valence-electron chi connectivity index (χ2n) is 9.85. The summed E-state index contributed by atoms with van der Waals surface area (Å²) in [5.74, 6) is 0. The molecule has 0 amide bonds. The number of hydrogen-bond donors (Lipinski definition) is 0. The molecular formula is C32H22B2N2O2. The highest BCUT2D eigenvalue weighted by Crippen LogP contribution is 2.39. The fraction of sp³-hybridized carbons (Fsp3) is 0.0625. The molecule has 0 saturated carbocycles. The first-order chi connectivity index (χ1) is 18.8. The van der Waals surface area contributed by atoms with Gasteiger partial charge in [0.05, 0.1) is 35.3 Å². The van der Waals surface area contributed by atoms with Crippen LogP contribution in [0.3, 0.4) is 0 Å². The Hall–Kier alpha value is -4.25.